The summed E-state index contributed by atoms with van der Waals surface area (Å²) in [5.41, 5.74) is 12.8. The maximum atomic E-state index is 12.1. The maximum Gasteiger partial charge on any atom is 0.407 e. The summed E-state index contributed by atoms with van der Waals surface area (Å²) in [7, 11) is 0. The maximum absolute atomic E-state index is 12.1. The fraction of sp³-hybridized carbons (Fsp3) is 0.160. The van der Waals surface area contributed by atoms with Crippen LogP contribution in [0.25, 0.3) is 11.1 Å². The summed E-state index contributed by atoms with van der Waals surface area (Å²) < 4.78 is 5.49. The van der Waals surface area contributed by atoms with E-state index < -0.39 is 6.09 Å². The highest BCUT2D eigenvalue weighted by molar-refractivity contribution is 6.33. The third-order valence-electron chi connectivity index (χ3n) is 5.23. The minimum Gasteiger partial charge on any atom is -0.449 e. The summed E-state index contributed by atoms with van der Waals surface area (Å²) in [5, 5.41) is 3.15. The van der Waals surface area contributed by atoms with Crippen molar-refractivity contribution in [3.05, 3.63) is 87.9 Å². The van der Waals surface area contributed by atoms with Gasteiger partial charge in [-0.3, -0.25) is 0 Å². The molecule has 0 fully saturated rings. The predicted octanol–water partition coefficient (Wildman–Crippen LogP) is 5.12. The first-order valence-electron chi connectivity index (χ1n) is 9.68. The van der Waals surface area contributed by atoms with Crippen LogP contribution in [-0.2, 0) is 4.74 Å². The van der Waals surface area contributed by atoms with Crippen molar-refractivity contribution in [2.24, 2.45) is 0 Å². The Kier molecular flexibility index (Phi) is 5.65. The lowest BCUT2D eigenvalue weighted by Gasteiger charge is -2.14. The molecule has 0 saturated heterocycles. The summed E-state index contributed by atoms with van der Waals surface area (Å²) in [6, 6.07) is 20.0. The quantitative estimate of drug-likeness (QED) is 0.460. The molecular formula is C25H21ClN2O2. The van der Waals surface area contributed by atoms with Crippen molar-refractivity contribution in [3.63, 3.8) is 0 Å². The zero-order valence-corrected chi connectivity index (χ0v) is 17.3. The van der Waals surface area contributed by atoms with Crippen LogP contribution >= 0.6 is 11.6 Å². The van der Waals surface area contributed by atoms with E-state index in [4.69, 9.17) is 22.1 Å². The largest absolute Gasteiger partial charge is 0.449 e. The second-order valence-electron chi connectivity index (χ2n) is 7.17. The Morgan fingerprint density at radius 2 is 1.73 bits per heavy atom. The number of amides is 1. The van der Waals surface area contributed by atoms with Gasteiger partial charge in [0.1, 0.15) is 6.61 Å². The van der Waals surface area contributed by atoms with Gasteiger partial charge in [-0.15, -0.1) is 0 Å². The minimum absolute atomic E-state index is 0.0362. The lowest BCUT2D eigenvalue weighted by molar-refractivity contribution is 0.144. The van der Waals surface area contributed by atoms with Gasteiger partial charge in [0.05, 0.1) is 17.3 Å². The number of ether oxygens (including phenoxy) is 1. The van der Waals surface area contributed by atoms with Crippen molar-refractivity contribution in [2.75, 3.05) is 18.9 Å². The number of aryl methyl sites for hydroxylation is 1. The molecule has 1 aliphatic rings. The van der Waals surface area contributed by atoms with Crippen LogP contribution in [-0.4, -0.2) is 19.2 Å². The number of hydrogen-bond donors (Lipinski definition) is 2. The van der Waals surface area contributed by atoms with Gasteiger partial charge in [0.25, 0.3) is 0 Å². The van der Waals surface area contributed by atoms with Crippen molar-refractivity contribution in [1.82, 2.24) is 5.32 Å². The van der Waals surface area contributed by atoms with Crippen LogP contribution in [0.4, 0.5) is 10.5 Å². The molecule has 3 aromatic carbocycles. The number of carbonyl (C=O) groups excluding carboxylic acids is 1. The molecule has 0 bridgehead atoms. The molecule has 0 aromatic heterocycles. The first-order chi connectivity index (χ1) is 14.5. The molecule has 0 saturated carbocycles. The van der Waals surface area contributed by atoms with E-state index in [-0.39, 0.29) is 19.1 Å². The van der Waals surface area contributed by atoms with Crippen LogP contribution in [0.1, 0.15) is 28.2 Å². The van der Waals surface area contributed by atoms with Crippen LogP contribution in [0.15, 0.2) is 60.7 Å². The van der Waals surface area contributed by atoms with E-state index in [9.17, 15) is 4.79 Å². The highest BCUT2D eigenvalue weighted by Crippen LogP contribution is 2.44. The topological polar surface area (TPSA) is 64.3 Å². The monoisotopic (exact) mass is 416 g/mol. The van der Waals surface area contributed by atoms with Crippen LogP contribution in [0, 0.1) is 18.8 Å². The highest BCUT2D eigenvalue weighted by Gasteiger charge is 2.28. The van der Waals surface area contributed by atoms with Crippen molar-refractivity contribution in [1.29, 1.82) is 0 Å². The minimum atomic E-state index is -0.488. The smallest absolute Gasteiger partial charge is 0.407 e. The number of rotatable bonds is 3. The van der Waals surface area contributed by atoms with Crippen LogP contribution in [0.2, 0.25) is 5.02 Å². The lowest BCUT2D eigenvalue weighted by Crippen LogP contribution is -2.26. The Morgan fingerprint density at radius 1 is 1.10 bits per heavy atom. The molecule has 5 heteroatoms. The van der Waals surface area contributed by atoms with Gasteiger partial charge in [-0.2, -0.15) is 0 Å². The number of nitrogens with one attached hydrogen (secondary N) is 1. The number of benzene rings is 3. The van der Waals surface area contributed by atoms with Crippen LogP contribution < -0.4 is 11.1 Å². The fourth-order valence-electron chi connectivity index (χ4n) is 3.74. The first kappa shape index (κ1) is 19.9. The molecule has 3 aromatic rings. The number of hydrogen-bond acceptors (Lipinski definition) is 3. The van der Waals surface area contributed by atoms with Gasteiger partial charge in [0.2, 0.25) is 0 Å². The van der Waals surface area contributed by atoms with Gasteiger partial charge in [-0.25, -0.2) is 4.79 Å². The second-order valence-corrected chi connectivity index (χ2v) is 7.58. The van der Waals surface area contributed by atoms with Gasteiger partial charge >= 0.3 is 6.09 Å². The third-order valence-corrected chi connectivity index (χ3v) is 5.55. The van der Waals surface area contributed by atoms with E-state index >= 15 is 0 Å². The number of halogens is 1. The van der Waals surface area contributed by atoms with E-state index in [2.05, 4.69) is 41.4 Å². The molecule has 0 heterocycles. The van der Waals surface area contributed by atoms with Crippen molar-refractivity contribution < 1.29 is 9.53 Å². The molecular weight excluding hydrogens is 396 g/mol. The third kappa shape index (κ3) is 3.98. The molecule has 0 unspecified atom stereocenters. The van der Waals surface area contributed by atoms with E-state index in [0.717, 1.165) is 11.1 Å². The number of alkyl carbamates (subject to hydrolysis) is 1. The molecule has 0 aliphatic heterocycles. The fourth-order valence-corrected chi connectivity index (χ4v) is 4.01. The summed E-state index contributed by atoms with van der Waals surface area (Å²) >= 11 is 6.08. The Morgan fingerprint density at radius 3 is 2.37 bits per heavy atom. The average Bonchev–Trinajstić information content (AvgIpc) is 3.07. The van der Waals surface area contributed by atoms with Crippen LogP contribution in [0.3, 0.4) is 0 Å². The average molecular weight is 417 g/mol. The summed E-state index contributed by atoms with van der Waals surface area (Å²) in [4.78, 5) is 12.1. The molecule has 4 rings (SSSR count). The van der Waals surface area contributed by atoms with Gasteiger partial charge in [-0.05, 0) is 46.9 Å². The molecule has 3 N–H and O–H groups in total. The zero-order chi connectivity index (χ0) is 21.1. The normalized spacial score (nSPS) is 11.8. The van der Waals surface area contributed by atoms with Gasteiger partial charge in [0.15, 0.2) is 0 Å². The summed E-state index contributed by atoms with van der Waals surface area (Å²) in [5.74, 6) is 5.91. The molecule has 30 heavy (non-hydrogen) atoms. The Bertz CT molecular complexity index is 1110. The van der Waals surface area contributed by atoms with Gasteiger partial charge < -0.3 is 15.8 Å². The van der Waals surface area contributed by atoms with Crippen molar-refractivity contribution in [2.45, 2.75) is 12.8 Å². The molecule has 4 nitrogen and oxygen atoms in total. The number of carbonyl (C=O) groups is 1. The first-order valence-corrected chi connectivity index (χ1v) is 10.1. The van der Waals surface area contributed by atoms with Crippen molar-refractivity contribution >= 4 is 23.4 Å². The molecule has 1 aliphatic carbocycles. The molecule has 0 atom stereocenters. The van der Waals surface area contributed by atoms with E-state index in [1.807, 2.05) is 37.3 Å². The standard InChI is InChI=1S/C25H21ClN2O2/c1-16-13-17(14-23(26)24(16)27)7-6-12-28-25(29)30-15-22-20-10-4-2-8-18(20)19-9-3-5-11-21(19)22/h2-5,8-11,13-14,22H,12,15,27H2,1H3,(H,28,29). The van der Waals surface area contributed by atoms with E-state index in [0.29, 0.717) is 10.7 Å². The SMILES string of the molecule is Cc1cc(C#CCNC(=O)OCC2c3ccccc3-c3ccccc32)cc(Cl)c1N. The Hall–Kier alpha value is -3.42. The lowest BCUT2D eigenvalue weighted by atomic mass is 9.98. The predicted molar refractivity (Wildman–Crippen MR) is 121 cm³/mol. The number of fused-ring (bicyclic) bond motifs is 3. The Balaban J connectivity index is 1.35. The molecule has 0 spiro atoms. The second kappa shape index (κ2) is 8.52. The zero-order valence-electron chi connectivity index (χ0n) is 16.5. The summed E-state index contributed by atoms with van der Waals surface area (Å²) in [6.45, 7) is 2.33. The van der Waals surface area contributed by atoms with E-state index in [1.54, 1.807) is 6.07 Å². The molecule has 1 amide bonds. The Labute approximate surface area is 181 Å². The molecule has 150 valence electrons. The van der Waals surface area contributed by atoms with Crippen LogP contribution in [0.5, 0.6) is 0 Å². The van der Waals surface area contributed by atoms with Gasteiger partial charge in [0, 0.05) is 11.5 Å². The number of anilines is 1. The van der Waals surface area contributed by atoms with E-state index in [1.165, 1.54) is 22.3 Å². The van der Waals surface area contributed by atoms with Gasteiger partial charge in [-0.1, -0.05) is 72.0 Å². The molecule has 0 radical (unpaired) electrons. The number of nitrogens with two attached hydrogens (primary N) is 1. The number of nitrogen functional groups attached to an aromatic ring is 1. The highest BCUT2D eigenvalue weighted by atomic mass is 35.5. The summed E-state index contributed by atoms with van der Waals surface area (Å²) in [6.07, 6.45) is -0.488. The van der Waals surface area contributed by atoms with Crippen molar-refractivity contribution in [3.8, 4) is 23.0 Å².